The van der Waals surface area contributed by atoms with E-state index in [2.05, 4.69) is 36.2 Å². The number of rotatable bonds is 7. The molecule has 1 unspecified atom stereocenters. The van der Waals surface area contributed by atoms with E-state index >= 15 is 0 Å². The summed E-state index contributed by atoms with van der Waals surface area (Å²) in [5, 5.41) is 14.9. The van der Waals surface area contributed by atoms with Crippen LogP contribution in [0.3, 0.4) is 0 Å². The first-order chi connectivity index (χ1) is 13.8. The normalized spacial score (nSPS) is 11.4. The molecule has 1 N–H and O–H groups in total. The molecule has 10 heteroatoms. The maximum absolute atomic E-state index is 8.36. The lowest BCUT2D eigenvalue weighted by molar-refractivity contribution is -0.742. The first kappa shape index (κ1) is 23.0. The molecule has 29 heavy (non-hydrogen) atoms. The Bertz CT molecular complexity index is 904. The van der Waals surface area contributed by atoms with Gasteiger partial charge < -0.3 is 14.5 Å². The highest BCUT2D eigenvalue weighted by molar-refractivity contribution is 7.99. The van der Waals surface area contributed by atoms with Crippen molar-refractivity contribution >= 4 is 35.0 Å². The van der Waals surface area contributed by atoms with Crippen LogP contribution in [0.5, 0.6) is 0 Å². The van der Waals surface area contributed by atoms with Crippen molar-refractivity contribution in [2.75, 3.05) is 5.94 Å². The van der Waals surface area contributed by atoms with E-state index in [4.69, 9.17) is 43.3 Å². The van der Waals surface area contributed by atoms with Gasteiger partial charge in [0.05, 0.1) is 18.8 Å². The zero-order chi connectivity index (χ0) is 21.2. The van der Waals surface area contributed by atoms with E-state index < -0.39 is 5.09 Å². The topological polar surface area (TPSA) is 90.4 Å². The molecule has 154 valence electrons. The summed E-state index contributed by atoms with van der Waals surface area (Å²) in [6.07, 6.45) is 5.25. The summed E-state index contributed by atoms with van der Waals surface area (Å²) in [7, 11) is 0. The minimum Gasteiger partial charge on any atom is -0.361 e. The van der Waals surface area contributed by atoms with Crippen LogP contribution in [0.2, 0.25) is 10.0 Å². The molecule has 0 radical (unpaired) electrons. The molecule has 3 aromatic rings. The molecular formula is C19H19Cl2N3O4S. The first-order valence-corrected chi connectivity index (χ1v) is 10.1. The maximum Gasteiger partial charge on any atom is 0.291 e. The molecule has 0 aliphatic carbocycles. The summed E-state index contributed by atoms with van der Waals surface area (Å²) in [6.45, 7) is 2.71. The Labute approximate surface area is 182 Å². The Kier molecular flexibility index (Phi) is 9.27. The second kappa shape index (κ2) is 11.7. The monoisotopic (exact) mass is 455 g/mol. The van der Waals surface area contributed by atoms with Crippen molar-refractivity contribution in [1.82, 2.24) is 9.55 Å². The van der Waals surface area contributed by atoms with E-state index in [1.54, 1.807) is 30.4 Å². The predicted octanol–water partition coefficient (Wildman–Crippen LogP) is 5.66. The number of imidazole rings is 1. The van der Waals surface area contributed by atoms with Gasteiger partial charge in [-0.2, -0.15) is 0 Å². The lowest BCUT2D eigenvalue weighted by Gasteiger charge is -2.20. The van der Waals surface area contributed by atoms with Crippen molar-refractivity contribution in [1.29, 1.82) is 0 Å². The number of thioether (sulfide) groups is 1. The van der Waals surface area contributed by atoms with Crippen molar-refractivity contribution in [3.8, 4) is 0 Å². The van der Waals surface area contributed by atoms with Gasteiger partial charge in [-0.15, -0.1) is 10.1 Å². The SMILES string of the molecule is Cc1ccc(SCOC(Cn2ccnc2)c2ccc(Cl)cc2Cl)cc1.O=[N+]([O-])O. The molecule has 0 saturated carbocycles. The van der Waals surface area contributed by atoms with E-state index in [1.165, 1.54) is 10.5 Å². The standard InChI is InChI=1S/C19H18Cl2N2OS.HNO3/c1-14-2-5-16(6-3-14)25-13-24-19(11-23-9-8-22-12-23)17-7-4-15(20)10-18(17)21;2-1(3)4/h2-10,12,19H,11,13H2,1H3;(H,2,3,4). The van der Waals surface area contributed by atoms with Crippen molar-refractivity contribution in [2.24, 2.45) is 0 Å². The van der Waals surface area contributed by atoms with Gasteiger partial charge >= 0.3 is 0 Å². The van der Waals surface area contributed by atoms with Crippen molar-refractivity contribution in [2.45, 2.75) is 24.5 Å². The zero-order valence-electron chi connectivity index (χ0n) is 15.4. The van der Waals surface area contributed by atoms with Gasteiger partial charge in [0, 0.05) is 32.9 Å². The summed E-state index contributed by atoms with van der Waals surface area (Å²) >= 11 is 14.1. The van der Waals surface area contributed by atoms with Crippen LogP contribution in [0.1, 0.15) is 17.2 Å². The number of hydrogen-bond acceptors (Lipinski definition) is 5. The Hall–Kier alpha value is -2.26. The number of halogens is 2. The van der Waals surface area contributed by atoms with Gasteiger partial charge in [0.1, 0.15) is 6.10 Å². The van der Waals surface area contributed by atoms with Crippen LogP contribution < -0.4 is 0 Å². The number of hydrogen-bond donors (Lipinski definition) is 1. The number of nitrogens with zero attached hydrogens (tertiary/aromatic N) is 3. The molecule has 0 amide bonds. The molecule has 7 nitrogen and oxygen atoms in total. The molecule has 0 saturated heterocycles. The fraction of sp³-hybridized carbons (Fsp3) is 0.211. The van der Waals surface area contributed by atoms with E-state index in [9.17, 15) is 0 Å². The molecule has 3 rings (SSSR count). The largest absolute Gasteiger partial charge is 0.361 e. The highest BCUT2D eigenvalue weighted by atomic mass is 35.5. The van der Waals surface area contributed by atoms with Gasteiger partial charge in [-0.3, -0.25) is 0 Å². The summed E-state index contributed by atoms with van der Waals surface area (Å²) in [5.74, 6) is 0.529. The summed E-state index contributed by atoms with van der Waals surface area (Å²) in [4.78, 5) is 13.6. The van der Waals surface area contributed by atoms with Crippen LogP contribution in [0, 0.1) is 17.0 Å². The third-order valence-electron chi connectivity index (χ3n) is 3.76. The van der Waals surface area contributed by atoms with Gasteiger partial charge in [-0.05, 0) is 31.2 Å². The average Bonchev–Trinajstić information content (AvgIpc) is 3.15. The Morgan fingerprint density at radius 2 is 1.97 bits per heavy atom. The predicted molar refractivity (Wildman–Crippen MR) is 113 cm³/mol. The highest BCUT2D eigenvalue weighted by Crippen LogP contribution is 2.31. The molecule has 0 aliphatic heterocycles. The van der Waals surface area contributed by atoms with E-state index in [-0.39, 0.29) is 6.10 Å². The van der Waals surface area contributed by atoms with Gasteiger partial charge in [0.25, 0.3) is 5.09 Å². The minimum absolute atomic E-state index is 0.183. The van der Waals surface area contributed by atoms with E-state index in [0.29, 0.717) is 22.5 Å². The fourth-order valence-corrected chi connectivity index (χ4v) is 3.64. The van der Waals surface area contributed by atoms with Crippen molar-refractivity contribution in [3.05, 3.63) is 92.5 Å². The van der Waals surface area contributed by atoms with Crippen LogP contribution in [0.25, 0.3) is 0 Å². The van der Waals surface area contributed by atoms with E-state index in [1.807, 2.05) is 22.9 Å². The van der Waals surface area contributed by atoms with Crippen LogP contribution in [-0.2, 0) is 11.3 Å². The number of aryl methyl sites for hydroxylation is 1. The molecular weight excluding hydrogens is 437 g/mol. The summed E-state index contributed by atoms with van der Waals surface area (Å²) in [5.41, 5.74) is 2.17. The number of benzene rings is 2. The maximum atomic E-state index is 8.36. The quantitative estimate of drug-likeness (QED) is 0.214. The fourth-order valence-electron chi connectivity index (χ4n) is 2.41. The molecule has 1 aromatic heterocycles. The van der Waals surface area contributed by atoms with Gasteiger partial charge in [-0.1, -0.05) is 58.7 Å². The third-order valence-corrected chi connectivity index (χ3v) is 5.18. The van der Waals surface area contributed by atoms with Gasteiger partial charge in [0.15, 0.2) is 0 Å². The minimum atomic E-state index is -1.50. The Morgan fingerprint density at radius 3 is 2.55 bits per heavy atom. The zero-order valence-corrected chi connectivity index (χ0v) is 17.8. The van der Waals surface area contributed by atoms with Crippen LogP contribution in [-0.4, -0.2) is 25.8 Å². The molecule has 0 aliphatic rings. The lowest BCUT2D eigenvalue weighted by atomic mass is 10.1. The molecule has 0 fully saturated rings. The van der Waals surface area contributed by atoms with E-state index in [0.717, 1.165) is 5.56 Å². The lowest BCUT2D eigenvalue weighted by Crippen LogP contribution is -2.12. The Morgan fingerprint density at radius 1 is 1.28 bits per heavy atom. The summed E-state index contributed by atoms with van der Waals surface area (Å²) < 4.78 is 8.12. The van der Waals surface area contributed by atoms with Crippen LogP contribution in [0.4, 0.5) is 0 Å². The summed E-state index contributed by atoms with van der Waals surface area (Å²) in [6, 6.07) is 13.9. The smallest absolute Gasteiger partial charge is 0.291 e. The first-order valence-electron chi connectivity index (χ1n) is 8.40. The number of aromatic nitrogens is 2. The average molecular weight is 456 g/mol. The van der Waals surface area contributed by atoms with Gasteiger partial charge in [-0.25, -0.2) is 4.98 Å². The molecule has 1 atom stereocenters. The molecule has 2 aromatic carbocycles. The van der Waals surface area contributed by atoms with Crippen LogP contribution >= 0.6 is 35.0 Å². The molecule has 0 bridgehead atoms. The molecule has 0 spiro atoms. The van der Waals surface area contributed by atoms with Crippen molar-refractivity contribution in [3.63, 3.8) is 0 Å². The Balaban J connectivity index is 0.000000687. The van der Waals surface area contributed by atoms with Gasteiger partial charge in [0.2, 0.25) is 0 Å². The second-order valence-electron chi connectivity index (χ2n) is 5.89. The van der Waals surface area contributed by atoms with Crippen LogP contribution in [0.15, 0.2) is 66.1 Å². The second-order valence-corrected chi connectivity index (χ2v) is 7.73. The highest BCUT2D eigenvalue weighted by Gasteiger charge is 2.17. The number of ether oxygens (including phenoxy) is 1. The molecule has 1 heterocycles. The van der Waals surface area contributed by atoms with Crippen molar-refractivity contribution < 1.29 is 15.0 Å². The third kappa shape index (κ3) is 8.33.